The predicted octanol–water partition coefficient (Wildman–Crippen LogP) is 4.06. The Hall–Kier alpha value is -3.35. The average Bonchev–Trinajstić information content (AvgIpc) is 3.40. The summed E-state index contributed by atoms with van der Waals surface area (Å²) in [4.78, 5) is 36.5. The maximum absolute atomic E-state index is 12.8. The van der Waals surface area contributed by atoms with Crippen molar-refractivity contribution < 1.29 is 24.2 Å². The van der Waals surface area contributed by atoms with Gasteiger partial charge in [0.25, 0.3) is 0 Å². The van der Waals surface area contributed by atoms with E-state index in [0.717, 1.165) is 22.3 Å². The first kappa shape index (κ1) is 22.8. The van der Waals surface area contributed by atoms with Crippen molar-refractivity contribution in [2.45, 2.75) is 57.0 Å². The summed E-state index contributed by atoms with van der Waals surface area (Å²) in [6.07, 6.45) is 2.17. The van der Waals surface area contributed by atoms with Crippen molar-refractivity contribution in [3.63, 3.8) is 0 Å². The average molecular weight is 451 g/mol. The molecular weight excluding hydrogens is 420 g/mol. The summed E-state index contributed by atoms with van der Waals surface area (Å²) in [5.41, 5.74) is 4.57. The molecule has 2 aromatic carbocycles. The number of hydrogen-bond donors (Lipinski definition) is 3. The van der Waals surface area contributed by atoms with Crippen LogP contribution < -0.4 is 10.6 Å². The number of benzene rings is 2. The number of nitrogens with one attached hydrogen (secondary N) is 2. The van der Waals surface area contributed by atoms with Gasteiger partial charge in [0.1, 0.15) is 12.6 Å². The zero-order chi connectivity index (χ0) is 23.4. The van der Waals surface area contributed by atoms with Crippen molar-refractivity contribution in [2.24, 2.45) is 5.92 Å². The van der Waals surface area contributed by atoms with E-state index in [4.69, 9.17) is 9.84 Å². The Balaban J connectivity index is 1.35. The van der Waals surface area contributed by atoms with Gasteiger partial charge in [0.05, 0.1) is 5.92 Å². The molecular formula is C26H30N2O5. The van der Waals surface area contributed by atoms with Crippen molar-refractivity contribution in [1.82, 2.24) is 10.6 Å². The van der Waals surface area contributed by atoms with Gasteiger partial charge in [-0.3, -0.25) is 9.59 Å². The Labute approximate surface area is 193 Å². The number of aliphatic carboxylic acids is 1. The van der Waals surface area contributed by atoms with Crippen LogP contribution in [0.25, 0.3) is 11.1 Å². The quantitative estimate of drug-likeness (QED) is 0.563. The number of amides is 2. The fraction of sp³-hybridized carbons (Fsp3) is 0.423. The van der Waals surface area contributed by atoms with Crippen molar-refractivity contribution in [2.75, 3.05) is 6.61 Å². The lowest BCUT2D eigenvalue weighted by Gasteiger charge is -2.21. The molecule has 2 aliphatic carbocycles. The van der Waals surface area contributed by atoms with E-state index < -0.39 is 24.0 Å². The van der Waals surface area contributed by atoms with Crippen LogP contribution in [0.4, 0.5) is 4.79 Å². The summed E-state index contributed by atoms with van der Waals surface area (Å²) in [6, 6.07) is 15.3. The minimum atomic E-state index is -0.825. The standard InChI is InChI=1S/C26H30N2O5/c1-2-7-23(24(29)27-17-13-12-16(14-17)25(30)31)28-26(32)33-15-22-20-10-5-3-8-18(20)19-9-4-6-11-21(19)22/h3-6,8-11,16-17,22-23H,2,7,12-15H2,1H3,(H,27,29)(H,28,32)(H,30,31)/t16-,17+,23-/m1/s1. The van der Waals surface area contributed by atoms with E-state index in [2.05, 4.69) is 34.9 Å². The van der Waals surface area contributed by atoms with Crippen molar-refractivity contribution in [1.29, 1.82) is 0 Å². The summed E-state index contributed by atoms with van der Waals surface area (Å²) in [7, 11) is 0. The van der Waals surface area contributed by atoms with Crippen LogP contribution in [0, 0.1) is 5.92 Å². The molecule has 174 valence electrons. The van der Waals surface area contributed by atoms with E-state index in [0.29, 0.717) is 32.1 Å². The highest BCUT2D eigenvalue weighted by atomic mass is 16.5. The van der Waals surface area contributed by atoms with Crippen LogP contribution in [-0.2, 0) is 14.3 Å². The number of carbonyl (C=O) groups excluding carboxylic acids is 2. The number of fused-ring (bicyclic) bond motifs is 3. The second kappa shape index (κ2) is 10.1. The fourth-order valence-electron chi connectivity index (χ4n) is 4.98. The van der Waals surface area contributed by atoms with Crippen molar-refractivity contribution >= 4 is 18.0 Å². The molecule has 2 aromatic rings. The number of hydrogen-bond acceptors (Lipinski definition) is 4. The van der Waals surface area contributed by atoms with E-state index in [1.165, 1.54) is 0 Å². The van der Waals surface area contributed by atoms with Crippen LogP contribution in [0.1, 0.15) is 56.1 Å². The number of carboxylic acids is 1. The molecule has 33 heavy (non-hydrogen) atoms. The molecule has 0 heterocycles. The molecule has 7 nitrogen and oxygen atoms in total. The fourth-order valence-corrected chi connectivity index (χ4v) is 4.98. The molecule has 0 unspecified atom stereocenters. The van der Waals surface area contributed by atoms with Crippen LogP contribution in [0.2, 0.25) is 0 Å². The molecule has 0 aromatic heterocycles. The second-order valence-corrected chi connectivity index (χ2v) is 8.86. The number of ether oxygens (including phenoxy) is 1. The highest BCUT2D eigenvalue weighted by Crippen LogP contribution is 2.44. The maximum Gasteiger partial charge on any atom is 0.407 e. The lowest BCUT2D eigenvalue weighted by molar-refractivity contribution is -0.141. The Morgan fingerprint density at radius 3 is 2.24 bits per heavy atom. The Morgan fingerprint density at radius 2 is 1.67 bits per heavy atom. The van der Waals surface area contributed by atoms with Gasteiger partial charge in [0, 0.05) is 12.0 Å². The molecule has 0 radical (unpaired) electrons. The molecule has 3 atom stereocenters. The Morgan fingerprint density at radius 1 is 1.03 bits per heavy atom. The molecule has 3 N–H and O–H groups in total. The Kier molecular flexibility index (Phi) is 6.96. The summed E-state index contributed by atoms with van der Waals surface area (Å²) in [6.45, 7) is 2.12. The first-order chi connectivity index (χ1) is 16.0. The van der Waals surface area contributed by atoms with Crippen LogP contribution in [-0.4, -0.2) is 41.8 Å². The molecule has 0 bridgehead atoms. The highest BCUT2D eigenvalue weighted by Gasteiger charge is 2.33. The molecule has 2 aliphatic rings. The van der Waals surface area contributed by atoms with Crippen molar-refractivity contribution in [3.05, 3.63) is 59.7 Å². The zero-order valence-corrected chi connectivity index (χ0v) is 18.8. The minimum Gasteiger partial charge on any atom is -0.481 e. The van der Waals surface area contributed by atoms with Crippen LogP contribution in [0.5, 0.6) is 0 Å². The summed E-state index contributed by atoms with van der Waals surface area (Å²) in [5, 5.41) is 14.8. The van der Waals surface area contributed by atoms with Crippen LogP contribution >= 0.6 is 0 Å². The largest absolute Gasteiger partial charge is 0.481 e. The van der Waals surface area contributed by atoms with Gasteiger partial charge in [-0.15, -0.1) is 0 Å². The normalized spacial score (nSPS) is 19.9. The van der Waals surface area contributed by atoms with Crippen LogP contribution in [0.15, 0.2) is 48.5 Å². The number of rotatable bonds is 8. The Bertz CT molecular complexity index is 991. The van der Waals surface area contributed by atoms with E-state index in [-0.39, 0.29) is 24.5 Å². The minimum absolute atomic E-state index is 0.0481. The molecule has 0 saturated heterocycles. The van der Waals surface area contributed by atoms with E-state index in [9.17, 15) is 14.4 Å². The van der Waals surface area contributed by atoms with Crippen LogP contribution in [0.3, 0.4) is 0 Å². The smallest absolute Gasteiger partial charge is 0.407 e. The predicted molar refractivity (Wildman–Crippen MR) is 124 cm³/mol. The first-order valence-electron chi connectivity index (χ1n) is 11.6. The first-order valence-corrected chi connectivity index (χ1v) is 11.6. The van der Waals surface area contributed by atoms with Gasteiger partial charge in [0.15, 0.2) is 0 Å². The molecule has 7 heteroatoms. The molecule has 2 amide bonds. The van der Waals surface area contributed by atoms with E-state index in [1.807, 2.05) is 31.2 Å². The topological polar surface area (TPSA) is 105 Å². The molecule has 4 rings (SSSR count). The van der Waals surface area contributed by atoms with Gasteiger partial charge >= 0.3 is 12.1 Å². The summed E-state index contributed by atoms with van der Waals surface area (Å²) >= 11 is 0. The monoisotopic (exact) mass is 450 g/mol. The SMILES string of the molecule is CCC[C@@H](NC(=O)OCC1c2ccccc2-c2ccccc21)C(=O)N[C@H]1CC[C@@H](C(=O)O)C1. The van der Waals surface area contributed by atoms with Gasteiger partial charge in [-0.05, 0) is 47.9 Å². The van der Waals surface area contributed by atoms with Crippen molar-refractivity contribution in [3.8, 4) is 11.1 Å². The maximum atomic E-state index is 12.8. The van der Waals surface area contributed by atoms with Gasteiger partial charge in [-0.25, -0.2) is 4.79 Å². The number of carboxylic acid groups (broad SMARTS) is 1. The molecule has 0 aliphatic heterocycles. The lowest BCUT2D eigenvalue weighted by Crippen LogP contribution is -2.49. The van der Waals surface area contributed by atoms with Gasteiger partial charge in [-0.1, -0.05) is 61.9 Å². The zero-order valence-electron chi connectivity index (χ0n) is 18.8. The summed E-state index contributed by atoms with van der Waals surface area (Å²) in [5.74, 6) is -1.59. The van der Waals surface area contributed by atoms with Gasteiger partial charge < -0.3 is 20.5 Å². The van der Waals surface area contributed by atoms with Gasteiger partial charge in [-0.2, -0.15) is 0 Å². The molecule has 1 fully saturated rings. The third kappa shape index (κ3) is 5.02. The molecule has 0 spiro atoms. The summed E-state index contributed by atoms with van der Waals surface area (Å²) < 4.78 is 5.58. The number of carbonyl (C=O) groups is 3. The molecule has 1 saturated carbocycles. The van der Waals surface area contributed by atoms with E-state index in [1.54, 1.807) is 0 Å². The number of alkyl carbamates (subject to hydrolysis) is 1. The van der Waals surface area contributed by atoms with E-state index >= 15 is 0 Å². The second-order valence-electron chi connectivity index (χ2n) is 8.86. The van der Waals surface area contributed by atoms with Gasteiger partial charge in [0.2, 0.25) is 5.91 Å². The highest BCUT2D eigenvalue weighted by molar-refractivity contribution is 5.86. The lowest BCUT2D eigenvalue weighted by atomic mass is 9.98. The third-order valence-corrected chi connectivity index (χ3v) is 6.66. The third-order valence-electron chi connectivity index (χ3n) is 6.66.